The SMILES string of the molecule is COc1cccc(F)c1C(O)C(O)CCN=[N+]=[N-]. The molecule has 1 aromatic rings. The molecule has 1 aromatic carbocycles. The van der Waals surface area contributed by atoms with E-state index < -0.39 is 18.0 Å². The molecular formula is C11H14FN3O3. The number of aliphatic hydroxyl groups excluding tert-OH is 2. The van der Waals surface area contributed by atoms with Crippen LogP contribution in [0.5, 0.6) is 5.75 Å². The Morgan fingerprint density at radius 1 is 1.50 bits per heavy atom. The third-order valence-corrected chi connectivity index (χ3v) is 2.48. The maximum atomic E-state index is 13.6. The molecule has 0 heterocycles. The van der Waals surface area contributed by atoms with Crippen LogP contribution in [0.1, 0.15) is 18.1 Å². The first-order chi connectivity index (χ1) is 8.61. The summed E-state index contributed by atoms with van der Waals surface area (Å²) in [6, 6.07) is 4.10. The predicted molar refractivity (Wildman–Crippen MR) is 62.5 cm³/mol. The number of hydrogen-bond acceptors (Lipinski definition) is 4. The van der Waals surface area contributed by atoms with E-state index in [1.165, 1.54) is 25.3 Å². The van der Waals surface area contributed by atoms with Gasteiger partial charge in [-0.15, -0.1) is 0 Å². The fraction of sp³-hybridized carbons (Fsp3) is 0.455. The van der Waals surface area contributed by atoms with Crippen LogP contribution in [-0.4, -0.2) is 30.0 Å². The lowest BCUT2D eigenvalue weighted by atomic mass is 10.0. The van der Waals surface area contributed by atoms with Gasteiger partial charge in [0.25, 0.3) is 0 Å². The van der Waals surface area contributed by atoms with Gasteiger partial charge in [0.2, 0.25) is 0 Å². The number of aliphatic hydroxyl groups is 2. The number of methoxy groups -OCH3 is 1. The summed E-state index contributed by atoms with van der Waals surface area (Å²) in [6.07, 6.45) is -2.64. The van der Waals surface area contributed by atoms with Crippen molar-refractivity contribution < 1.29 is 19.3 Å². The van der Waals surface area contributed by atoms with Gasteiger partial charge >= 0.3 is 0 Å². The van der Waals surface area contributed by atoms with Gasteiger partial charge in [-0.1, -0.05) is 11.2 Å². The van der Waals surface area contributed by atoms with Crippen molar-refractivity contribution in [2.75, 3.05) is 13.7 Å². The van der Waals surface area contributed by atoms with Gasteiger partial charge in [0.05, 0.1) is 18.8 Å². The Kier molecular flexibility index (Phi) is 5.38. The molecule has 0 aliphatic heterocycles. The van der Waals surface area contributed by atoms with Gasteiger partial charge in [0.1, 0.15) is 17.7 Å². The van der Waals surface area contributed by atoms with Crippen molar-refractivity contribution in [3.8, 4) is 5.75 Å². The molecule has 98 valence electrons. The lowest BCUT2D eigenvalue weighted by Crippen LogP contribution is -2.20. The molecule has 0 amide bonds. The van der Waals surface area contributed by atoms with Gasteiger partial charge in [-0.05, 0) is 24.1 Å². The van der Waals surface area contributed by atoms with Crippen molar-refractivity contribution in [2.45, 2.75) is 18.6 Å². The van der Waals surface area contributed by atoms with Crippen LogP contribution in [0.2, 0.25) is 0 Å². The van der Waals surface area contributed by atoms with E-state index in [9.17, 15) is 14.6 Å². The molecule has 0 aromatic heterocycles. The third-order valence-electron chi connectivity index (χ3n) is 2.48. The summed E-state index contributed by atoms with van der Waals surface area (Å²) < 4.78 is 18.5. The Hall–Kier alpha value is -1.82. The van der Waals surface area contributed by atoms with Crippen molar-refractivity contribution >= 4 is 0 Å². The highest BCUT2D eigenvalue weighted by atomic mass is 19.1. The maximum Gasteiger partial charge on any atom is 0.132 e. The highest BCUT2D eigenvalue weighted by Crippen LogP contribution is 2.30. The van der Waals surface area contributed by atoms with E-state index in [0.717, 1.165) is 0 Å². The average Bonchev–Trinajstić information content (AvgIpc) is 2.37. The standard InChI is InChI=1S/C11H14FN3O3/c1-18-9-4-2-3-7(12)10(9)11(17)8(16)5-6-14-15-13/h2-4,8,11,16-17H,5-6H2,1H3. The lowest BCUT2D eigenvalue weighted by molar-refractivity contribution is 0.0116. The topological polar surface area (TPSA) is 98.5 Å². The zero-order valence-electron chi connectivity index (χ0n) is 9.82. The monoisotopic (exact) mass is 255 g/mol. The van der Waals surface area contributed by atoms with Crippen LogP contribution in [0.4, 0.5) is 4.39 Å². The van der Waals surface area contributed by atoms with Gasteiger partial charge in [0.15, 0.2) is 0 Å². The van der Waals surface area contributed by atoms with E-state index in [1.54, 1.807) is 0 Å². The van der Waals surface area contributed by atoms with E-state index >= 15 is 0 Å². The molecule has 2 atom stereocenters. The van der Waals surface area contributed by atoms with Gasteiger partial charge < -0.3 is 14.9 Å². The number of halogens is 1. The fourth-order valence-electron chi connectivity index (χ4n) is 1.57. The number of rotatable bonds is 6. The summed E-state index contributed by atoms with van der Waals surface area (Å²) in [6.45, 7) is 0.0193. The minimum atomic E-state index is -1.44. The smallest absolute Gasteiger partial charge is 0.132 e. The number of nitrogens with zero attached hydrogens (tertiary/aromatic N) is 3. The van der Waals surface area contributed by atoms with Crippen LogP contribution in [-0.2, 0) is 0 Å². The summed E-state index contributed by atoms with van der Waals surface area (Å²) in [4.78, 5) is 2.52. The fourth-order valence-corrected chi connectivity index (χ4v) is 1.57. The van der Waals surface area contributed by atoms with Crippen LogP contribution in [0.15, 0.2) is 23.3 Å². The molecule has 0 spiro atoms. The molecule has 7 heteroatoms. The third kappa shape index (κ3) is 3.33. The minimum Gasteiger partial charge on any atom is -0.496 e. The summed E-state index contributed by atoms with van der Waals surface area (Å²) >= 11 is 0. The van der Waals surface area contributed by atoms with Gasteiger partial charge in [-0.25, -0.2) is 4.39 Å². The molecule has 18 heavy (non-hydrogen) atoms. The number of hydrogen-bond donors (Lipinski definition) is 2. The first-order valence-electron chi connectivity index (χ1n) is 5.31. The second-order valence-electron chi connectivity index (χ2n) is 3.61. The molecule has 0 radical (unpaired) electrons. The molecule has 0 fully saturated rings. The normalized spacial score (nSPS) is 13.6. The van der Waals surface area contributed by atoms with Crippen molar-refractivity contribution in [1.29, 1.82) is 0 Å². The molecule has 2 N–H and O–H groups in total. The molecule has 1 rings (SSSR count). The van der Waals surface area contributed by atoms with Gasteiger partial charge in [0, 0.05) is 11.5 Å². The summed E-state index contributed by atoms with van der Waals surface area (Å²) in [5.74, 6) is -0.505. The van der Waals surface area contributed by atoms with E-state index in [4.69, 9.17) is 10.3 Å². The van der Waals surface area contributed by atoms with Crippen LogP contribution in [0, 0.1) is 5.82 Å². The Morgan fingerprint density at radius 2 is 2.22 bits per heavy atom. The van der Waals surface area contributed by atoms with Crippen LogP contribution in [0.25, 0.3) is 10.4 Å². The molecule has 0 saturated heterocycles. The number of ether oxygens (including phenoxy) is 1. The first-order valence-corrected chi connectivity index (χ1v) is 5.31. The first kappa shape index (κ1) is 14.2. The Labute approximate surface area is 103 Å². The molecular weight excluding hydrogens is 241 g/mol. The second-order valence-corrected chi connectivity index (χ2v) is 3.61. The van der Waals surface area contributed by atoms with E-state index in [1.807, 2.05) is 0 Å². The van der Waals surface area contributed by atoms with Crippen molar-refractivity contribution in [1.82, 2.24) is 0 Å². The lowest BCUT2D eigenvalue weighted by Gasteiger charge is -2.20. The van der Waals surface area contributed by atoms with E-state index in [2.05, 4.69) is 10.0 Å². The van der Waals surface area contributed by atoms with E-state index in [-0.39, 0.29) is 24.3 Å². The van der Waals surface area contributed by atoms with Crippen LogP contribution >= 0.6 is 0 Å². The van der Waals surface area contributed by atoms with Crippen molar-refractivity contribution in [3.63, 3.8) is 0 Å². The highest BCUT2D eigenvalue weighted by molar-refractivity contribution is 5.36. The molecule has 0 aliphatic carbocycles. The summed E-state index contributed by atoms with van der Waals surface area (Å²) in [5, 5.41) is 22.8. The Balaban J connectivity index is 2.88. The second kappa shape index (κ2) is 6.80. The Morgan fingerprint density at radius 3 is 2.83 bits per heavy atom. The van der Waals surface area contributed by atoms with E-state index in [0.29, 0.717) is 0 Å². The highest BCUT2D eigenvalue weighted by Gasteiger charge is 2.24. The molecule has 0 saturated carbocycles. The Bertz CT molecular complexity index is 449. The van der Waals surface area contributed by atoms with Crippen LogP contribution in [0.3, 0.4) is 0 Å². The number of azide groups is 1. The predicted octanol–water partition coefficient (Wildman–Crippen LogP) is 1.93. The quantitative estimate of drug-likeness (QED) is 0.461. The zero-order valence-corrected chi connectivity index (χ0v) is 9.82. The van der Waals surface area contributed by atoms with Gasteiger partial charge in [-0.3, -0.25) is 0 Å². The molecule has 6 nitrogen and oxygen atoms in total. The van der Waals surface area contributed by atoms with Gasteiger partial charge in [-0.2, -0.15) is 0 Å². The number of benzene rings is 1. The van der Waals surface area contributed by atoms with Crippen molar-refractivity contribution in [2.24, 2.45) is 5.11 Å². The zero-order chi connectivity index (χ0) is 13.5. The molecule has 2 unspecified atom stereocenters. The molecule has 0 aliphatic rings. The van der Waals surface area contributed by atoms with Crippen LogP contribution < -0.4 is 4.74 Å². The average molecular weight is 255 g/mol. The summed E-state index contributed by atoms with van der Waals surface area (Å²) in [7, 11) is 1.34. The summed E-state index contributed by atoms with van der Waals surface area (Å²) in [5.41, 5.74) is 7.99. The maximum absolute atomic E-state index is 13.6. The van der Waals surface area contributed by atoms with Crippen molar-refractivity contribution in [3.05, 3.63) is 40.0 Å². The molecule has 0 bridgehead atoms. The largest absolute Gasteiger partial charge is 0.496 e. The minimum absolute atomic E-state index is 0.0193.